The highest BCUT2D eigenvalue weighted by molar-refractivity contribution is 7.91. The number of amides is 1. The lowest BCUT2D eigenvalue weighted by molar-refractivity contribution is 0.0951. The summed E-state index contributed by atoms with van der Waals surface area (Å²) in [7, 11) is -3.57. The van der Waals surface area contributed by atoms with E-state index in [1.807, 2.05) is 24.3 Å². The highest BCUT2D eigenvalue weighted by Crippen LogP contribution is 2.28. The lowest BCUT2D eigenvalue weighted by Crippen LogP contribution is -2.42. The van der Waals surface area contributed by atoms with E-state index >= 15 is 0 Å². The van der Waals surface area contributed by atoms with Crippen LogP contribution in [0.1, 0.15) is 28.1 Å². The van der Waals surface area contributed by atoms with E-state index in [1.54, 1.807) is 36.4 Å². The minimum absolute atomic E-state index is 0.170. The van der Waals surface area contributed by atoms with Gasteiger partial charge >= 0.3 is 0 Å². The fourth-order valence-electron chi connectivity index (χ4n) is 3.68. The number of rotatable bonds is 7. The van der Waals surface area contributed by atoms with Gasteiger partial charge in [-0.2, -0.15) is 4.31 Å². The topological polar surface area (TPSA) is 105 Å². The minimum Gasteiger partial charge on any atom is -0.397 e. The van der Waals surface area contributed by atoms with Crippen molar-refractivity contribution in [3.8, 4) is 0 Å². The number of nitrogens with zero attached hydrogens (tertiary/aromatic N) is 1. The zero-order chi connectivity index (χ0) is 23.4. The molecular weight excluding hydrogens is 480 g/mol. The van der Waals surface area contributed by atoms with Crippen LogP contribution >= 0.6 is 22.9 Å². The second kappa shape index (κ2) is 10.1. The SMILES string of the molecule is Nc1ccccc1NC1CCN(S(=O)(=O)c2ccc(CNC(=O)c3ccc(Cl)cc3)s2)CC1. The quantitative estimate of drug-likeness (QED) is 0.419. The fourth-order valence-corrected chi connectivity index (χ4v) is 6.72. The van der Waals surface area contributed by atoms with Crippen molar-refractivity contribution < 1.29 is 13.2 Å². The summed E-state index contributed by atoms with van der Waals surface area (Å²) in [6.07, 6.45) is 1.39. The van der Waals surface area contributed by atoms with Gasteiger partial charge in [-0.1, -0.05) is 23.7 Å². The van der Waals surface area contributed by atoms with E-state index in [9.17, 15) is 13.2 Å². The average Bonchev–Trinajstić information content (AvgIpc) is 3.30. The Balaban J connectivity index is 1.32. The maximum atomic E-state index is 13.1. The molecule has 0 aliphatic carbocycles. The van der Waals surface area contributed by atoms with Gasteiger partial charge in [0.2, 0.25) is 0 Å². The Labute approximate surface area is 202 Å². The van der Waals surface area contributed by atoms with E-state index in [0.29, 0.717) is 42.2 Å². The minimum atomic E-state index is -3.57. The smallest absolute Gasteiger partial charge is 0.252 e. The number of nitrogens with two attached hydrogens (primary N) is 1. The molecule has 7 nitrogen and oxygen atoms in total. The van der Waals surface area contributed by atoms with E-state index in [4.69, 9.17) is 17.3 Å². The van der Waals surface area contributed by atoms with Crippen LogP contribution in [0.4, 0.5) is 11.4 Å². The van der Waals surface area contributed by atoms with Gasteiger partial charge in [0.15, 0.2) is 0 Å². The van der Waals surface area contributed by atoms with Crippen molar-refractivity contribution >= 4 is 50.2 Å². The summed E-state index contributed by atoms with van der Waals surface area (Å²) in [6.45, 7) is 1.13. The van der Waals surface area contributed by atoms with Crippen LogP contribution < -0.4 is 16.4 Å². The first-order valence-corrected chi connectivity index (χ1v) is 13.2. The van der Waals surface area contributed by atoms with E-state index in [-0.39, 0.29) is 22.7 Å². The van der Waals surface area contributed by atoms with Gasteiger partial charge in [0.25, 0.3) is 15.9 Å². The highest BCUT2D eigenvalue weighted by Gasteiger charge is 2.30. The van der Waals surface area contributed by atoms with Crippen molar-refractivity contribution in [3.63, 3.8) is 0 Å². The zero-order valence-electron chi connectivity index (χ0n) is 17.8. The largest absolute Gasteiger partial charge is 0.397 e. The standard InChI is InChI=1S/C23H25ClN4O3S2/c24-17-7-5-16(6-8-17)23(29)26-15-19-9-10-22(32-19)33(30,31)28-13-11-18(12-14-28)27-21-4-2-1-3-20(21)25/h1-10,18,27H,11-15,25H2,(H,26,29). The summed E-state index contributed by atoms with van der Waals surface area (Å²) >= 11 is 7.03. The predicted molar refractivity (Wildman–Crippen MR) is 133 cm³/mol. The molecule has 1 fully saturated rings. The second-order valence-electron chi connectivity index (χ2n) is 7.82. The number of halogens is 1. The number of carbonyl (C=O) groups is 1. The Morgan fingerprint density at radius 3 is 2.45 bits per heavy atom. The number of nitrogen functional groups attached to an aromatic ring is 1. The summed E-state index contributed by atoms with van der Waals surface area (Å²) < 4.78 is 28.0. The first kappa shape index (κ1) is 23.6. The molecule has 174 valence electrons. The molecule has 1 aromatic heterocycles. The fraction of sp³-hybridized carbons (Fsp3) is 0.261. The van der Waals surface area contributed by atoms with Crippen molar-refractivity contribution in [3.05, 3.63) is 76.1 Å². The number of hydrogen-bond donors (Lipinski definition) is 3. The molecule has 4 N–H and O–H groups in total. The normalized spacial score (nSPS) is 15.3. The number of anilines is 2. The Morgan fingerprint density at radius 1 is 1.06 bits per heavy atom. The molecule has 1 saturated heterocycles. The molecule has 10 heteroatoms. The predicted octanol–water partition coefficient (Wildman–Crippen LogP) is 4.18. The van der Waals surface area contributed by atoms with E-state index in [1.165, 1.54) is 15.6 Å². The summed E-state index contributed by atoms with van der Waals surface area (Å²) in [5, 5.41) is 6.79. The summed E-state index contributed by atoms with van der Waals surface area (Å²) in [4.78, 5) is 13.0. The molecule has 0 saturated carbocycles. The molecule has 0 atom stereocenters. The van der Waals surface area contributed by atoms with Crippen LogP contribution in [0.3, 0.4) is 0 Å². The highest BCUT2D eigenvalue weighted by atomic mass is 35.5. The van der Waals surface area contributed by atoms with E-state index in [2.05, 4.69) is 10.6 Å². The molecule has 33 heavy (non-hydrogen) atoms. The van der Waals surface area contributed by atoms with Crippen molar-refractivity contribution in [1.82, 2.24) is 9.62 Å². The van der Waals surface area contributed by atoms with Crippen LogP contribution in [-0.2, 0) is 16.6 Å². The van der Waals surface area contributed by atoms with Gasteiger partial charge in [-0.05, 0) is 61.4 Å². The van der Waals surface area contributed by atoms with E-state index in [0.717, 1.165) is 10.6 Å². The Kier molecular flexibility index (Phi) is 7.23. The molecular formula is C23H25ClN4O3S2. The van der Waals surface area contributed by atoms with Crippen LogP contribution in [0.2, 0.25) is 5.02 Å². The third-order valence-electron chi connectivity index (χ3n) is 5.54. The molecule has 2 heterocycles. The van der Waals surface area contributed by atoms with Gasteiger partial charge in [-0.15, -0.1) is 11.3 Å². The third-order valence-corrected chi connectivity index (χ3v) is 9.24. The first-order valence-electron chi connectivity index (χ1n) is 10.6. The van der Waals surface area contributed by atoms with Crippen molar-refractivity contribution in [1.29, 1.82) is 0 Å². The molecule has 1 aliphatic rings. The molecule has 0 radical (unpaired) electrons. The van der Waals surface area contributed by atoms with Gasteiger partial charge in [-0.3, -0.25) is 4.79 Å². The van der Waals surface area contributed by atoms with Crippen molar-refractivity contribution in [2.24, 2.45) is 0 Å². The van der Waals surface area contributed by atoms with Gasteiger partial charge < -0.3 is 16.4 Å². The van der Waals surface area contributed by atoms with Gasteiger partial charge in [0, 0.05) is 34.6 Å². The number of piperidine rings is 1. The lowest BCUT2D eigenvalue weighted by atomic mass is 10.1. The number of thiophene rings is 1. The van der Waals surface area contributed by atoms with E-state index < -0.39 is 10.0 Å². The van der Waals surface area contributed by atoms with Crippen molar-refractivity contribution in [2.45, 2.75) is 29.6 Å². The average molecular weight is 505 g/mol. The molecule has 3 aromatic rings. The van der Waals surface area contributed by atoms with Gasteiger partial charge in [-0.25, -0.2) is 8.42 Å². The molecule has 1 amide bonds. The molecule has 0 spiro atoms. The molecule has 1 aliphatic heterocycles. The number of carbonyl (C=O) groups excluding carboxylic acids is 1. The number of nitrogens with one attached hydrogen (secondary N) is 2. The maximum Gasteiger partial charge on any atom is 0.252 e. The number of para-hydroxylation sites is 2. The maximum absolute atomic E-state index is 13.1. The monoisotopic (exact) mass is 504 g/mol. The van der Waals surface area contributed by atoms with Crippen LogP contribution in [-0.4, -0.2) is 37.8 Å². The lowest BCUT2D eigenvalue weighted by Gasteiger charge is -2.32. The first-order chi connectivity index (χ1) is 15.8. The molecule has 0 bridgehead atoms. The Bertz CT molecular complexity index is 1220. The number of sulfonamides is 1. The van der Waals surface area contributed by atoms with Crippen LogP contribution in [0.25, 0.3) is 0 Å². The molecule has 0 unspecified atom stereocenters. The number of benzene rings is 2. The summed E-state index contributed by atoms with van der Waals surface area (Å²) in [5.74, 6) is -0.238. The van der Waals surface area contributed by atoms with Crippen LogP contribution in [0, 0.1) is 0 Å². The van der Waals surface area contributed by atoms with Gasteiger partial charge in [0.05, 0.1) is 17.9 Å². The molecule has 4 rings (SSSR count). The zero-order valence-corrected chi connectivity index (χ0v) is 20.2. The number of hydrogen-bond acceptors (Lipinski definition) is 6. The van der Waals surface area contributed by atoms with Crippen LogP contribution in [0.5, 0.6) is 0 Å². The Hall–Kier alpha value is -2.59. The summed E-state index contributed by atoms with van der Waals surface area (Å²) in [5.41, 5.74) is 8.05. The van der Waals surface area contributed by atoms with Gasteiger partial charge in [0.1, 0.15) is 4.21 Å². The summed E-state index contributed by atoms with van der Waals surface area (Å²) in [6, 6.07) is 17.7. The third kappa shape index (κ3) is 5.67. The Morgan fingerprint density at radius 2 is 1.76 bits per heavy atom. The van der Waals surface area contributed by atoms with Crippen LogP contribution in [0.15, 0.2) is 64.9 Å². The van der Waals surface area contributed by atoms with Crippen molar-refractivity contribution in [2.75, 3.05) is 24.1 Å². The molecule has 2 aromatic carbocycles. The second-order valence-corrected chi connectivity index (χ2v) is 11.6.